The Balaban J connectivity index is 3.86. The van der Waals surface area contributed by atoms with E-state index in [-0.39, 0.29) is 0 Å². The van der Waals surface area contributed by atoms with E-state index in [2.05, 4.69) is 31.3 Å². The molecule has 0 spiro atoms. The topological polar surface area (TPSA) is 110 Å². The number of rotatable bonds is 27. The number of amides is 1. The van der Waals surface area contributed by atoms with Crippen LogP contribution in [0.25, 0.3) is 0 Å². The van der Waals surface area contributed by atoms with E-state index in [0.717, 1.165) is 51.4 Å². The molecule has 0 aliphatic heterocycles. The lowest BCUT2D eigenvalue weighted by molar-refractivity contribution is -0.132. The van der Waals surface area contributed by atoms with Crippen LogP contribution in [0, 0.1) is 0 Å². The van der Waals surface area contributed by atoms with Gasteiger partial charge in [-0.25, -0.2) is 0 Å². The molecule has 220 valence electrons. The van der Waals surface area contributed by atoms with Gasteiger partial charge >= 0.3 is 0 Å². The average molecular weight is 528 g/mol. The first-order valence-electron chi connectivity index (χ1n) is 15.6. The minimum Gasteiger partial charge on any atom is -0.394 e. The zero-order valence-corrected chi connectivity index (χ0v) is 24.2. The fourth-order valence-electron chi connectivity index (χ4n) is 4.63. The summed E-state index contributed by atoms with van der Waals surface area (Å²) in [6.07, 6.45) is 24.0. The molecule has 0 aromatic heterocycles. The standard InChI is InChI=1S/C31H61NO5/c1-3-5-7-9-11-12-13-14-15-16-17-18-19-21-23-25-29(35)31(37)32-27(26-33)30(36)28(34)24-22-20-10-8-6-4-2/h15-16,27-30,33-36H,3-14,17-26H2,1-2H3,(H,32,37)/b16-15-. The van der Waals surface area contributed by atoms with Gasteiger partial charge in [0.05, 0.1) is 18.8 Å². The van der Waals surface area contributed by atoms with E-state index in [1.807, 2.05) is 0 Å². The summed E-state index contributed by atoms with van der Waals surface area (Å²) in [4.78, 5) is 12.3. The Morgan fingerprint density at radius 1 is 0.649 bits per heavy atom. The van der Waals surface area contributed by atoms with Gasteiger partial charge in [-0.3, -0.25) is 4.79 Å². The Morgan fingerprint density at radius 3 is 1.57 bits per heavy atom. The van der Waals surface area contributed by atoms with E-state index in [0.29, 0.717) is 12.8 Å². The van der Waals surface area contributed by atoms with Crippen LogP contribution in [0.15, 0.2) is 12.2 Å². The molecular weight excluding hydrogens is 466 g/mol. The van der Waals surface area contributed by atoms with E-state index in [4.69, 9.17) is 0 Å². The molecule has 0 rings (SSSR count). The van der Waals surface area contributed by atoms with Crippen molar-refractivity contribution < 1.29 is 25.2 Å². The molecule has 0 bridgehead atoms. The number of carbonyl (C=O) groups excluding carboxylic acids is 1. The molecule has 0 fully saturated rings. The molecule has 0 heterocycles. The zero-order chi connectivity index (χ0) is 27.6. The van der Waals surface area contributed by atoms with Gasteiger partial charge in [-0.2, -0.15) is 0 Å². The molecular formula is C31H61NO5. The summed E-state index contributed by atoms with van der Waals surface area (Å²) in [5, 5.41) is 42.9. The molecule has 5 N–H and O–H groups in total. The maximum absolute atomic E-state index is 12.3. The Bertz CT molecular complexity index is 528. The molecule has 6 heteroatoms. The minimum absolute atomic E-state index is 0.356. The van der Waals surface area contributed by atoms with Crippen molar-refractivity contribution in [2.75, 3.05) is 6.61 Å². The molecule has 0 aromatic carbocycles. The summed E-state index contributed by atoms with van der Waals surface area (Å²) in [5.74, 6) is -0.599. The predicted molar refractivity (Wildman–Crippen MR) is 154 cm³/mol. The highest BCUT2D eigenvalue weighted by molar-refractivity contribution is 5.80. The predicted octanol–water partition coefficient (Wildman–Crippen LogP) is 6.33. The second kappa shape index (κ2) is 26.6. The summed E-state index contributed by atoms with van der Waals surface area (Å²) in [6, 6.07) is -0.981. The SMILES string of the molecule is CCCCCCCCC/C=C\CCCCCCC(O)C(=O)NC(CO)C(O)C(O)CCCCCCCC. The summed E-state index contributed by atoms with van der Waals surface area (Å²) in [5.41, 5.74) is 0. The third-order valence-corrected chi connectivity index (χ3v) is 7.23. The number of allylic oxidation sites excluding steroid dienone is 2. The first kappa shape index (κ1) is 36.0. The molecule has 37 heavy (non-hydrogen) atoms. The Hall–Kier alpha value is -0.950. The van der Waals surface area contributed by atoms with Crippen molar-refractivity contribution in [2.45, 2.75) is 173 Å². The Labute approximate surface area is 228 Å². The number of unbranched alkanes of at least 4 members (excludes halogenated alkanes) is 16. The number of aliphatic hydroxyl groups is 4. The van der Waals surface area contributed by atoms with Gasteiger partial charge in [0.15, 0.2) is 0 Å². The van der Waals surface area contributed by atoms with Gasteiger partial charge in [-0.15, -0.1) is 0 Å². The molecule has 0 aromatic rings. The van der Waals surface area contributed by atoms with Crippen LogP contribution in [0.4, 0.5) is 0 Å². The van der Waals surface area contributed by atoms with Gasteiger partial charge in [-0.1, -0.05) is 122 Å². The number of carbonyl (C=O) groups is 1. The summed E-state index contributed by atoms with van der Waals surface area (Å²) < 4.78 is 0. The van der Waals surface area contributed by atoms with E-state index in [9.17, 15) is 25.2 Å². The lowest BCUT2D eigenvalue weighted by atomic mass is 9.99. The maximum atomic E-state index is 12.3. The van der Waals surface area contributed by atoms with Crippen molar-refractivity contribution in [3.05, 3.63) is 12.2 Å². The van der Waals surface area contributed by atoms with Gasteiger partial charge in [0.1, 0.15) is 12.2 Å². The highest BCUT2D eigenvalue weighted by Gasteiger charge is 2.28. The van der Waals surface area contributed by atoms with Gasteiger partial charge in [0.25, 0.3) is 0 Å². The third-order valence-electron chi connectivity index (χ3n) is 7.23. The Kier molecular flexibility index (Phi) is 26.0. The van der Waals surface area contributed by atoms with Gasteiger partial charge in [0, 0.05) is 0 Å². The van der Waals surface area contributed by atoms with Crippen LogP contribution in [-0.4, -0.2) is 57.3 Å². The molecule has 1 amide bonds. The molecule has 4 unspecified atom stereocenters. The second-order valence-corrected chi connectivity index (χ2v) is 10.8. The highest BCUT2D eigenvalue weighted by Crippen LogP contribution is 2.14. The highest BCUT2D eigenvalue weighted by atomic mass is 16.3. The van der Waals surface area contributed by atoms with Crippen molar-refractivity contribution in [2.24, 2.45) is 0 Å². The van der Waals surface area contributed by atoms with Gasteiger partial charge in [-0.05, 0) is 38.5 Å². The first-order valence-corrected chi connectivity index (χ1v) is 15.6. The number of aliphatic hydroxyl groups excluding tert-OH is 4. The first-order chi connectivity index (χ1) is 18.0. The van der Waals surface area contributed by atoms with E-state index >= 15 is 0 Å². The fourth-order valence-corrected chi connectivity index (χ4v) is 4.63. The van der Waals surface area contributed by atoms with Crippen LogP contribution in [-0.2, 0) is 4.79 Å². The van der Waals surface area contributed by atoms with Crippen LogP contribution in [0.3, 0.4) is 0 Å². The maximum Gasteiger partial charge on any atom is 0.249 e. The average Bonchev–Trinajstić information content (AvgIpc) is 2.90. The normalized spacial score (nSPS) is 15.1. The summed E-state index contributed by atoms with van der Waals surface area (Å²) >= 11 is 0. The van der Waals surface area contributed by atoms with Crippen LogP contribution in [0.2, 0.25) is 0 Å². The molecule has 0 aliphatic rings. The number of hydrogen-bond acceptors (Lipinski definition) is 5. The van der Waals surface area contributed by atoms with Crippen LogP contribution < -0.4 is 5.32 Å². The van der Waals surface area contributed by atoms with Crippen LogP contribution >= 0.6 is 0 Å². The smallest absolute Gasteiger partial charge is 0.249 e. The number of hydrogen-bond donors (Lipinski definition) is 5. The molecule has 0 saturated heterocycles. The van der Waals surface area contributed by atoms with Gasteiger partial charge in [0.2, 0.25) is 5.91 Å². The summed E-state index contributed by atoms with van der Waals surface area (Å²) in [7, 11) is 0. The molecule has 0 radical (unpaired) electrons. The van der Waals surface area contributed by atoms with Crippen LogP contribution in [0.5, 0.6) is 0 Å². The van der Waals surface area contributed by atoms with Crippen molar-refractivity contribution in [3.8, 4) is 0 Å². The zero-order valence-electron chi connectivity index (χ0n) is 24.2. The lowest BCUT2D eigenvalue weighted by Gasteiger charge is -2.27. The minimum atomic E-state index is -1.25. The molecule has 0 saturated carbocycles. The van der Waals surface area contributed by atoms with E-state index in [1.54, 1.807) is 0 Å². The van der Waals surface area contributed by atoms with E-state index in [1.165, 1.54) is 70.6 Å². The number of nitrogens with one attached hydrogen (secondary N) is 1. The van der Waals surface area contributed by atoms with Crippen LogP contribution in [0.1, 0.15) is 149 Å². The summed E-state index contributed by atoms with van der Waals surface area (Å²) in [6.45, 7) is 3.93. The van der Waals surface area contributed by atoms with Crippen molar-refractivity contribution >= 4 is 5.91 Å². The monoisotopic (exact) mass is 527 g/mol. The fraction of sp³-hybridized carbons (Fsp3) is 0.903. The van der Waals surface area contributed by atoms with Crippen molar-refractivity contribution in [1.29, 1.82) is 0 Å². The largest absolute Gasteiger partial charge is 0.394 e. The lowest BCUT2D eigenvalue weighted by Crippen LogP contribution is -2.53. The van der Waals surface area contributed by atoms with Crippen molar-refractivity contribution in [1.82, 2.24) is 5.32 Å². The van der Waals surface area contributed by atoms with Gasteiger partial charge < -0.3 is 25.7 Å². The van der Waals surface area contributed by atoms with Crippen molar-refractivity contribution in [3.63, 3.8) is 0 Å². The molecule has 0 aliphatic carbocycles. The Morgan fingerprint density at radius 2 is 1.08 bits per heavy atom. The van der Waals surface area contributed by atoms with E-state index < -0.39 is 36.9 Å². The quantitative estimate of drug-likeness (QED) is 0.0633. The second-order valence-electron chi connectivity index (χ2n) is 10.8. The molecule has 6 nitrogen and oxygen atoms in total. The third kappa shape index (κ3) is 21.7. The molecule has 4 atom stereocenters.